The number of hydrogen-bond acceptors (Lipinski definition) is 7. The Labute approximate surface area is 182 Å². The first kappa shape index (κ1) is 20.7. The van der Waals surface area contributed by atoms with Gasteiger partial charge in [-0.2, -0.15) is 0 Å². The van der Waals surface area contributed by atoms with Gasteiger partial charge in [-0.25, -0.2) is 4.98 Å². The fourth-order valence-corrected chi connectivity index (χ4v) is 2.92. The maximum atomic E-state index is 12.3. The van der Waals surface area contributed by atoms with Crippen molar-refractivity contribution in [2.75, 3.05) is 5.32 Å². The van der Waals surface area contributed by atoms with Crippen molar-refractivity contribution in [3.8, 4) is 17.4 Å². The number of amides is 1. The van der Waals surface area contributed by atoms with Gasteiger partial charge < -0.3 is 10.1 Å². The van der Waals surface area contributed by atoms with E-state index < -0.39 is 10.8 Å². The van der Waals surface area contributed by atoms with Crippen molar-refractivity contribution in [2.45, 2.75) is 13.8 Å². The SMILES string of the molecule is Cc1ncn(-c2ccc(Oc3ccc(NC(=O)c4cccc([N+](=O)[O-])c4)cc3)nn2)c1C. The third kappa shape index (κ3) is 4.43. The average Bonchev–Trinajstić information content (AvgIpc) is 3.14. The Kier molecular flexibility index (Phi) is 5.58. The van der Waals surface area contributed by atoms with Gasteiger partial charge in [0.05, 0.1) is 10.6 Å². The van der Waals surface area contributed by atoms with Crippen LogP contribution in [0.1, 0.15) is 21.7 Å². The lowest BCUT2D eigenvalue weighted by Crippen LogP contribution is -2.11. The number of imidazole rings is 1. The topological polar surface area (TPSA) is 125 Å². The molecule has 0 spiro atoms. The van der Waals surface area contributed by atoms with Crippen LogP contribution < -0.4 is 10.1 Å². The zero-order chi connectivity index (χ0) is 22.7. The van der Waals surface area contributed by atoms with Crippen molar-refractivity contribution < 1.29 is 14.5 Å². The molecular weight excluding hydrogens is 412 g/mol. The second-order valence-corrected chi connectivity index (χ2v) is 6.90. The highest BCUT2D eigenvalue weighted by molar-refractivity contribution is 6.04. The number of aryl methyl sites for hydroxylation is 1. The Bertz CT molecular complexity index is 1280. The van der Waals surface area contributed by atoms with Gasteiger partial charge in [0, 0.05) is 35.1 Å². The number of aromatic nitrogens is 4. The van der Waals surface area contributed by atoms with E-state index >= 15 is 0 Å². The van der Waals surface area contributed by atoms with Gasteiger partial charge in [-0.1, -0.05) is 6.07 Å². The number of nitrogens with zero attached hydrogens (tertiary/aromatic N) is 5. The molecule has 0 radical (unpaired) electrons. The lowest BCUT2D eigenvalue weighted by Gasteiger charge is -2.08. The molecular formula is C22H18N6O4. The van der Waals surface area contributed by atoms with Crippen molar-refractivity contribution >= 4 is 17.3 Å². The van der Waals surface area contributed by atoms with E-state index in [-0.39, 0.29) is 11.3 Å². The number of benzene rings is 2. The van der Waals surface area contributed by atoms with Crippen molar-refractivity contribution in [1.82, 2.24) is 19.7 Å². The number of nitro benzene ring substituents is 1. The number of ether oxygens (including phenoxy) is 1. The summed E-state index contributed by atoms with van der Waals surface area (Å²) >= 11 is 0. The first-order valence-corrected chi connectivity index (χ1v) is 9.59. The molecule has 0 unspecified atom stereocenters. The molecule has 2 aromatic carbocycles. The quantitative estimate of drug-likeness (QED) is 0.358. The normalized spacial score (nSPS) is 10.6. The van der Waals surface area contributed by atoms with Crippen LogP contribution >= 0.6 is 0 Å². The molecule has 1 amide bonds. The molecule has 32 heavy (non-hydrogen) atoms. The number of rotatable bonds is 6. The van der Waals surface area contributed by atoms with Gasteiger partial charge in [-0.05, 0) is 50.2 Å². The average molecular weight is 430 g/mol. The van der Waals surface area contributed by atoms with Gasteiger partial charge in [-0.3, -0.25) is 19.5 Å². The summed E-state index contributed by atoms with van der Waals surface area (Å²) in [6.45, 7) is 3.88. The molecule has 10 nitrogen and oxygen atoms in total. The van der Waals surface area contributed by atoms with E-state index in [2.05, 4.69) is 20.5 Å². The number of nitrogens with one attached hydrogen (secondary N) is 1. The molecule has 2 heterocycles. The van der Waals surface area contributed by atoms with E-state index in [1.165, 1.54) is 24.3 Å². The maximum Gasteiger partial charge on any atom is 0.270 e. The third-order valence-electron chi connectivity index (χ3n) is 4.78. The lowest BCUT2D eigenvalue weighted by molar-refractivity contribution is -0.384. The minimum Gasteiger partial charge on any atom is -0.438 e. The van der Waals surface area contributed by atoms with Crippen LogP contribution in [0.4, 0.5) is 11.4 Å². The molecule has 0 aliphatic heterocycles. The van der Waals surface area contributed by atoms with Crippen LogP contribution in [0.15, 0.2) is 67.0 Å². The van der Waals surface area contributed by atoms with Crippen molar-refractivity contribution in [3.63, 3.8) is 0 Å². The Balaban J connectivity index is 1.40. The van der Waals surface area contributed by atoms with E-state index in [1.54, 1.807) is 42.7 Å². The van der Waals surface area contributed by atoms with Crippen molar-refractivity contribution in [3.05, 3.63) is 94.1 Å². The van der Waals surface area contributed by atoms with Crippen molar-refractivity contribution in [1.29, 1.82) is 0 Å². The third-order valence-corrected chi connectivity index (χ3v) is 4.78. The number of anilines is 1. The van der Waals surface area contributed by atoms with Crippen LogP contribution in [0.5, 0.6) is 11.6 Å². The van der Waals surface area contributed by atoms with E-state index in [1.807, 2.05) is 18.4 Å². The summed E-state index contributed by atoms with van der Waals surface area (Å²) in [5.74, 6) is 1.01. The fraction of sp³-hybridized carbons (Fsp3) is 0.0909. The van der Waals surface area contributed by atoms with Gasteiger partial charge in [0.2, 0.25) is 5.88 Å². The van der Waals surface area contributed by atoms with Gasteiger partial charge in [-0.15, -0.1) is 10.2 Å². The summed E-state index contributed by atoms with van der Waals surface area (Å²) in [6, 6.07) is 15.7. The highest BCUT2D eigenvalue weighted by Gasteiger charge is 2.12. The first-order valence-electron chi connectivity index (χ1n) is 9.59. The Hall–Kier alpha value is -4.60. The second kappa shape index (κ2) is 8.64. The summed E-state index contributed by atoms with van der Waals surface area (Å²) in [4.78, 5) is 26.9. The molecule has 0 saturated carbocycles. The zero-order valence-corrected chi connectivity index (χ0v) is 17.2. The molecule has 0 atom stereocenters. The summed E-state index contributed by atoms with van der Waals surface area (Å²) in [6.07, 6.45) is 1.69. The molecule has 4 aromatic rings. The lowest BCUT2D eigenvalue weighted by atomic mass is 10.2. The molecule has 0 fully saturated rings. The van der Waals surface area contributed by atoms with Crippen LogP contribution in [0.2, 0.25) is 0 Å². The molecule has 0 aliphatic rings. The van der Waals surface area contributed by atoms with E-state index in [9.17, 15) is 14.9 Å². The standard InChI is InChI=1S/C22H18N6O4/c1-14-15(2)27(13-23-14)20-10-11-21(26-25-20)32-19-8-6-17(7-9-19)24-22(29)16-4-3-5-18(12-16)28(30)31/h3-13H,1-2H3,(H,24,29). The van der Waals surface area contributed by atoms with Crippen LogP contribution in [0, 0.1) is 24.0 Å². The zero-order valence-electron chi connectivity index (χ0n) is 17.2. The van der Waals surface area contributed by atoms with Gasteiger partial charge in [0.15, 0.2) is 5.82 Å². The summed E-state index contributed by atoms with van der Waals surface area (Å²) in [5.41, 5.74) is 2.46. The highest BCUT2D eigenvalue weighted by atomic mass is 16.6. The van der Waals surface area contributed by atoms with Crippen LogP contribution in [-0.4, -0.2) is 30.6 Å². The number of nitro groups is 1. The number of carbonyl (C=O) groups excluding carboxylic acids is 1. The van der Waals surface area contributed by atoms with Crippen LogP contribution in [0.25, 0.3) is 5.82 Å². The molecule has 10 heteroatoms. The highest BCUT2D eigenvalue weighted by Crippen LogP contribution is 2.23. The number of hydrogen-bond donors (Lipinski definition) is 1. The largest absolute Gasteiger partial charge is 0.438 e. The van der Waals surface area contributed by atoms with Crippen LogP contribution in [-0.2, 0) is 0 Å². The molecule has 0 bridgehead atoms. The van der Waals surface area contributed by atoms with Gasteiger partial charge in [0.1, 0.15) is 12.1 Å². The predicted molar refractivity (Wildman–Crippen MR) is 116 cm³/mol. The minimum absolute atomic E-state index is 0.146. The van der Waals surface area contributed by atoms with Crippen LogP contribution in [0.3, 0.4) is 0 Å². The Morgan fingerprint density at radius 3 is 2.47 bits per heavy atom. The van der Waals surface area contributed by atoms with E-state index in [0.717, 1.165) is 11.4 Å². The monoisotopic (exact) mass is 430 g/mol. The molecule has 160 valence electrons. The minimum atomic E-state index is -0.546. The summed E-state index contributed by atoms with van der Waals surface area (Å²) in [5, 5.41) is 21.8. The fourth-order valence-electron chi connectivity index (χ4n) is 2.92. The summed E-state index contributed by atoms with van der Waals surface area (Å²) < 4.78 is 7.54. The summed E-state index contributed by atoms with van der Waals surface area (Å²) in [7, 11) is 0. The van der Waals surface area contributed by atoms with Crippen molar-refractivity contribution in [2.24, 2.45) is 0 Å². The second-order valence-electron chi connectivity index (χ2n) is 6.90. The molecule has 0 aliphatic carbocycles. The predicted octanol–water partition coefficient (Wildman–Crippen LogP) is 4.23. The molecule has 0 saturated heterocycles. The van der Waals surface area contributed by atoms with Gasteiger partial charge >= 0.3 is 0 Å². The molecule has 2 aromatic heterocycles. The van der Waals surface area contributed by atoms with E-state index in [4.69, 9.17) is 4.74 Å². The maximum absolute atomic E-state index is 12.3. The Morgan fingerprint density at radius 2 is 1.84 bits per heavy atom. The molecule has 1 N–H and O–H groups in total. The first-order chi connectivity index (χ1) is 15.4. The smallest absolute Gasteiger partial charge is 0.270 e. The Morgan fingerprint density at radius 1 is 1.06 bits per heavy atom. The molecule has 4 rings (SSSR count). The number of non-ortho nitro benzene ring substituents is 1. The van der Waals surface area contributed by atoms with E-state index in [0.29, 0.717) is 23.1 Å². The number of carbonyl (C=O) groups is 1. The van der Waals surface area contributed by atoms with Gasteiger partial charge in [0.25, 0.3) is 11.6 Å².